The zero-order chi connectivity index (χ0) is 51.5. The molecule has 9 rings (SSSR count). The Hall–Kier alpha value is -9.24. The number of ether oxygens (including phenoxy) is 2. The molecule has 15 nitrogen and oxygen atoms in total. The molecule has 0 aliphatic rings. The number of hydrogen-bond donors (Lipinski definition) is 4. The van der Waals surface area contributed by atoms with Gasteiger partial charge >= 0.3 is 34.8 Å². The van der Waals surface area contributed by atoms with Gasteiger partial charge in [-0.1, -0.05) is 134 Å². The van der Waals surface area contributed by atoms with E-state index < -0.39 is 52.5 Å². The summed E-state index contributed by atoms with van der Waals surface area (Å²) in [5, 5.41) is 42.3. The predicted octanol–water partition coefficient (Wildman–Crippen LogP) is 9.88. The molecule has 72 heavy (non-hydrogen) atoms. The predicted molar refractivity (Wildman–Crippen MR) is 267 cm³/mol. The van der Waals surface area contributed by atoms with Gasteiger partial charge in [-0.05, 0) is 73.4 Å². The molecule has 0 bridgehead atoms. The normalized spacial score (nSPS) is 12.2. The number of esters is 2. The Kier molecular flexibility index (Phi) is 16.1. The standard InChI is InChI=1S/2C20H18O5.C17H12O5/c1-12(2)24-19(22)16(13-8-4-3-5-9-13)17-18(21)14-10-6-7-11-15(14)25-20(17)23;1-2-12-24-19(22)16(13-8-4-3-5-9-13)17-18(21)14-10-6-7-11-15(14)25-20(17)23;18-15-11-8-4-5-9-12(11)22-17(21)14(15)13(16(19)20)10-6-2-1-3-7-10/h3-12,16,21H,1-2H3;3-11,16,21H,2,12H2,1H3;1-9,13,18H,(H,19,20). The number of benzene rings is 6. The number of aliphatic carboxylic acids is 1. The lowest BCUT2D eigenvalue weighted by atomic mass is 9.91. The second-order valence-corrected chi connectivity index (χ2v) is 16.5. The van der Waals surface area contributed by atoms with Crippen molar-refractivity contribution in [3.63, 3.8) is 0 Å². The van der Waals surface area contributed by atoms with Crippen molar-refractivity contribution in [3.05, 3.63) is 228 Å². The molecule has 0 aliphatic carbocycles. The van der Waals surface area contributed by atoms with Crippen LogP contribution < -0.4 is 16.9 Å². The molecule has 3 aromatic heterocycles. The first kappa shape index (κ1) is 50.6. The maximum Gasteiger partial charge on any atom is 0.344 e. The van der Waals surface area contributed by atoms with Crippen molar-refractivity contribution < 1.29 is 57.5 Å². The minimum atomic E-state index is -1.29. The third kappa shape index (κ3) is 11.1. The Morgan fingerprint density at radius 2 is 0.764 bits per heavy atom. The Balaban J connectivity index is 0.000000159. The summed E-state index contributed by atoms with van der Waals surface area (Å²) in [6.45, 7) is 5.57. The van der Waals surface area contributed by atoms with E-state index in [0.717, 1.165) is 0 Å². The molecule has 0 radical (unpaired) electrons. The lowest BCUT2D eigenvalue weighted by Gasteiger charge is -2.19. The molecule has 0 amide bonds. The lowest BCUT2D eigenvalue weighted by Crippen LogP contribution is -2.25. The van der Waals surface area contributed by atoms with Crippen LogP contribution in [0.3, 0.4) is 0 Å². The van der Waals surface area contributed by atoms with Crippen molar-refractivity contribution in [2.75, 3.05) is 6.61 Å². The molecule has 3 atom stereocenters. The van der Waals surface area contributed by atoms with E-state index in [4.69, 9.17) is 22.7 Å². The van der Waals surface area contributed by atoms with E-state index >= 15 is 0 Å². The fourth-order valence-electron chi connectivity index (χ4n) is 8.00. The maximum atomic E-state index is 12.7. The van der Waals surface area contributed by atoms with E-state index in [2.05, 4.69) is 0 Å². The summed E-state index contributed by atoms with van der Waals surface area (Å²) >= 11 is 0. The van der Waals surface area contributed by atoms with Crippen LogP contribution in [0, 0.1) is 0 Å². The number of carboxylic acid groups (broad SMARTS) is 1. The molecule has 3 unspecified atom stereocenters. The first-order chi connectivity index (χ1) is 34.7. The van der Waals surface area contributed by atoms with Crippen molar-refractivity contribution in [1.82, 2.24) is 0 Å². The Bertz CT molecular complexity index is 3540. The van der Waals surface area contributed by atoms with Gasteiger partial charge in [0, 0.05) is 0 Å². The van der Waals surface area contributed by atoms with Gasteiger partial charge in [-0.3, -0.25) is 14.4 Å². The monoisotopic (exact) mass is 972 g/mol. The first-order valence-electron chi connectivity index (χ1n) is 22.7. The van der Waals surface area contributed by atoms with Crippen LogP contribution in [-0.4, -0.2) is 51.0 Å². The van der Waals surface area contributed by atoms with Crippen LogP contribution in [0.15, 0.2) is 191 Å². The Morgan fingerprint density at radius 3 is 1.10 bits per heavy atom. The van der Waals surface area contributed by atoms with Crippen LogP contribution in [0.1, 0.15) is 78.3 Å². The third-order valence-corrected chi connectivity index (χ3v) is 11.2. The zero-order valence-electron chi connectivity index (χ0n) is 39.1. The highest BCUT2D eigenvalue weighted by molar-refractivity contribution is 5.91. The topological polar surface area (TPSA) is 241 Å². The van der Waals surface area contributed by atoms with Crippen molar-refractivity contribution in [2.45, 2.75) is 51.0 Å². The molecule has 0 aliphatic heterocycles. The van der Waals surface area contributed by atoms with E-state index in [1.165, 1.54) is 0 Å². The van der Waals surface area contributed by atoms with Crippen LogP contribution in [0.4, 0.5) is 0 Å². The molecule has 0 fully saturated rings. The van der Waals surface area contributed by atoms with E-state index in [1.54, 1.807) is 178 Å². The van der Waals surface area contributed by atoms with Crippen LogP contribution >= 0.6 is 0 Å². The van der Waals surface area contributed by atoms with Gasteiger partial charge in [0.2, 0.25) is 0 Å². The number of rotatable bonds is 12. The fraction of sp³-hybridized carbons (Fsp3) is 0.158. The quantitative estimate of drug-likeness (QED) is 0.0658. The van der Waals surface area contributed by atoms with Gasteiger partial charge in [-0.25, -0.2) is 14.4 Å². The fourth-order valence-corrected chi connectivity index (χ4v) is 8.00. The van der Waals surface area contributed by atoms with Crippen molar-refractivity contribution in [2.24, 2.45) is 0 Å². The molecule has 9 aromatic rings. The number of carbonyl (C=O) groups is 3. The number of aromatic hydroxyl groups is 3. The smallest absolute Gasteiger partial charge is 0.344 e. The Labute approximate surface area is 410 Å². The second-order valence-electron chi connectivity index (χ2n) is 16.5. The van der Waals surface area contributed by atoms with Gasteiger partial charge in [0.25, 0.3) is 0 Å². The van der Waals surface area contributed by atoms with Crippen molar-refractivity contribution in [3.8, 4) is 17.2 Å². The summed E-state index contributed by atoms with van der Waals surface area (Å²) in [5.41, 5.74) is -0.609. The number of fused-ring (bicyclic) bond motifs is 3. The maximum absolute atomic E-state index is 12.7. The second kappa shape index (κ2) is 22.9. The number of carbonyl (C=O) groups excluding carboxylic acids is 2. The molecular formula is C57H48O15. The van der Waals surface area contributed by atoms with Crippen LogP contribution in [-0.2, 0) is 23.9 Å². The number of carboxylic acids is 1. The number of hydrogen-bond acceptors (Lipinski definition) is 14. The van der Waals surface area contributed by atoms with Gasteiger partial charge in [-0.15, -0.1) is 0 Å². The minimum absolute atomic E-state index is 0.106. The van der Waals surface area contributed by atoms with Crippen LogP contribution in [0.2, 0.25) is 0 Å². The molecule has 0 spiro atoms. The van der Waals surface area contributed by atoms with E-state index in [-0.39, 0.29) is 63.4 Å². The van der Waals surface area contributed by atoms with E-state index in [9.17, 15) is 49.2 Å². The average molecular weight is 973 g/mol. The highest BCUT2D eigenvalue weighted by Gasteiger charge is 2.34. The van der Waals surface area contributed by atoms with Gasteiger partial charge < -0.3 is 43.2 Å². The SMILES string of the molecule is CC(C)OC(=O)C(c1ccccc1)c1c(O)c2ccccc2oc1=O.CCCOC(=O)C(c1ccccc1)c1c(O)c2ccccc2oc1=O.O=C(O)C(c1ccccc1)c1c(O)c2ccccc2oc1=O. The Morgan fingerprint density at radius 1 is 0.458 bits per heavy atom. The van der Waals surface area contributed by atoms with Gasteiger partial charge in [-0.2, -0.15) is 0 Å². The first-order valence-corrected chi connectivity index (χ1v) is 22.7. The molecule has 0 saturated carbocycles. The summed E-state index contributed by atoms with van der Waals surface area (Å²) in [6, 6.07) is 45.5. The molecule has 366 valence electrons. The average Bonchev–Trinajstić information content (AvgIpc) is 3.37. The zero-order valence-corrected chi connectivity index (χ0v) is 39.1. The van der Waals surface area contributed by atoms with E-state index in [1.807, 2.05) is 6.92 Å². The summed E-state index contributed by atoms with van der Waals surface area (Å²) in [7, 11) is 0. The lowest BCUT2D eigenvalue weighted by molar-refractivity contribution is -0.148. The van der Waals surface area contributed by atoms with Crippen LogP contribution in [0.25, 0.3) is 32.9 Å². The summed E-state index contributed by atoms with van der Waals surface area (Å²) in [5.74, 6) is -6.71. The highest BCUT2D eigenvalue weighted by Crippen LogP contribution is 2.37. The van der Waals surface area contributed by atoms with Crippen LogP contribution in [0.5, 0.6) is 17.2 Å². The molecule has 4 N–H and O–H groups in total. The molecular weight excluding hydrogens is 925 g/mol. The van der Waals surface area contributed by atoms with Gasteiger partial charge in [0.05, 0.1) is 45.6 Å². The number of para-hydroxylation sites is 3. The molecule has 3 heterocycles. The summed E-state index contributed by atoms with van der Waals surface area (Å²) in [6.07, 6.45) is 0.305. The summed E-state index contributed by atoms with van der Waals surface area (Å²) < 4.78 is 26.3. The third-order valence-electron chi connectivity index (χ3n) is 11.2. The van der Waals surface area contributed by atoms with Gasteiger partial charge in [0.15, 0.2) is 0 Å². The molecule has 6 aromatic carbocycles. The molecule has 0 saturated heterocycles. The largest absolute Gasteiger partial charge is 0.507 e. The summed E-state index contributed by atoms with van der Waals surface area (Å²) in [4.78, 5) is 74.2. The molecule has 15 heteroatoms. The van der Waals surface area contributed by atoms with Gasteiger partial charge in [0.1, 0.15) is 51.8 Å². The van der Waals surface area contributed by atoms with Crippen molar-refractivity contribution >= 4 is 50.8 Å². The highest BCUT2D eigenvalue weighted by atomic mass is 16.5. The minimum Gasteiger partial charge on any atom is -0.507 e. The van der Waals surface area contributed by atoms with E-state index in [0.29, 0.717) is 39.3 Å². The van der Waals surface area contributed by atoms with Crippen molar-refractivity contribution in [1.29, 1.82) is 0 Å².